The number of hydrogen-bond donors (Lipinski definition) is 2. The van der Waals surface area contributed by atoms with Gasteiger partial charge in [0.2, 0.25) is 5.16 Å². The highest BCUT2D eigenvalue weighted by molar-refractivity contribution is 7.98. The van der Waals surface area contributed by atoms with Gasteiger partial charge in [-0.3, -0.25) is 0 Å². The summed E-state index contributed by atoms with van der Waals surface area (Å²) in [4.78, 5) is 0. The second-order valence-electron chi connectivity index (χ2n) is 4.91. The quantitative estimate of drug-likeness (QED) is 0.308. The minimum absolute atomic E-state index is 0.262. The molecule has 24 heavy (non-hydrogen) atoms. The van der Waals surface area contributed by atoms with E-state index in [1.807, 2.05) is 13.0 Å². The molecule has 3 rings (SSSR count). The lowest BCUT2D eigenvalue weighted by atomic mass is 10.2. The lowest BCUT2D eigenvalue weighted by Crippen LogP contribution is -2.13. The largest absolute Gasteiger partial charge is 0.460 e. The van der Waals surface area contributed by atoms with Crippen molar-refractivity contribution in [2.24, 2.45) is 5.10 Å². The molecule has 0 saturated heterocycles. The number of hydrazone groups is 1. The maximum absolute atomic E-state index is 12.9. The van der Waals surface area contributed by atoms with Crippen molar-refractivity contribution in [1.29, 1.82) is 0 Å². The van der Waals surface area contributed by atoms with E-state index in [0.29, 0.717) is 22.6 Å². The molecule has 0 unspecified atom stereocenters. The van der Waals surface area contributed by atoms with Crippen LogP contribution in [-0.2, 0) is 5.75 Å². The number of furan rings is 1. The molecular formula is C15H15FN6OS. The summed E-state index contributed by atoms with van der Waals surface area (Å²) in [6, 6.07) is 9.92. The fraction of sp³-hybridized carbons (Fsp3) is 0.133. The average molecular weight is 346 g/mol. The first-order chi connectivity index (χ1) is 11.6. The first-order valence-electron chi connectivity index (χ1n) is 7.05. The Morgan fingerprint density at radius 3 is 2.79 bits per heavy atom. The number of aromatic nitrogens is 3. The maximum Gasteiger partial charge on any atom is 0.264 e. The van der Waals surface area contributed by atoms with Crippen LogP contribution in [0.25, 0.3) is 0 Å². The molecule has 7 nitrogen and oxygen atoms in total. The number of rotatable bonds is 6. The third-order valence-electron chi connectivity index (χ3n) is 3.06. The van der Waals surface area contributed by atoms with E-state index >= 15 is 0 Å². The number of hydrogen-bond acceptors (Lipinski definition) is 7. The number of nitrogens with two attached hydrogens (primary N) is 1. The van der Waals surface area contributed by atoms with E-state index in [9.17, 15) is 4.39 Å². The van der Waals surface area contributed by atoms with Gasteiger partial charge in [0.25, 0.3) is 5.95 Å². The van der Waals surface area contributed by atoms with E-state index in [-0.39, 0.29) is 5.82 Å². The normalized spacial score (nSPS) is 11.2. The molecular weight excluding hydrogens is 331 g/mol. The van der Waals surface area contributed by atoms with Gasteiger partial charge in [-0.25, -0.2) is 14.5 Å². The highest BCUT2D eigenvalue weighted by atomic mass is 32.2. The third-order valence-corrected chi connectivity index (χ3v) is 4.08. The van der Waals surface area contributed by atoms with E-state index in [1.54, 1.807) is 18.2 Å². The second-order valence-corrected chi connectivity index (χ2v) is 5.85. The van der Waals surface area contributed by atoms with Gasteiger partial charge < -0.3 is 10.3 Å². The van der Waals surface area contributed by atoms with Crippen molar-refractivity contribution in [2.45, 2.75) is 17.8 Å². The topological polar surface area (TPSA) is 94.3 Å². The first-order valence-corrected chi connectivity index (χ1v) is 8.03. The van der Waals surface area contributed by atoms with E-state index in [2.05, 4.69) is 20.7 Å². The smallest absolute Gasteiger partial charge is 0.264 e. The predicted octanol–water partition coefficient (Wildman–Crippen LogP) is 2.77. The summed E-state index contributed by atoms with van der Waals surface area (Å²) in [5.74, 6) is 7.99. The highest BCUT2D eigenvalue weighted by Gasteiger charge is 2.09. The van der Waals surface area contributed by atoms with Crippen LogP contribution in [0.5, 0.6) is 0 Å². The van der Waals surface area contributed by atoms with Crippen molar-refractivity contribution < 1.29 is 8.81 Å². The molecule has 9 heteroatoms. The molecule has 0 aliphatic heterocycles. The molecule has 0 spiro atoms. The molecule has 0 atom stereocenters. The minimum Gasteiger partial charge on any atom is -0.460 e. The SMILES string of the molecule is Cc1ccc(/C=N/Nc2nnc(SCc3ccc(F)cc3)n2N)o1. The molecule has 0 fully saturated rings. The van der Waals surface area contributed by atoms with Crippen LogP contribution >= 0.6 is 11.8 Å². The molecule has 2 heterocycles. The van der Waals surface area contributed by atoms with Crippen LogP contribution in [0.15, 0.2) is 51.1 Å². The van der Waals surface area contributed by atoms with Crippen molar-refractivity contribution >= 4 is 23.9 Å². The fourth-order valence-electron chi connectivity index (χ4n) is 1.86. The van der Waals surface area contributed by atoms with Crippen molar-refractivity contribution in [3.05, 3.63) is 59.3 Å². The van der Waals surface area contributed by atoms with E-state index in [1.165, 1.54) is 34.8 Å². The number of nitrogens with one attached hydrogen (secondary N) is 1. The molecule has 0 radical (unpaired) electrons. The Bertz CT molecular complexity index is 842. The molecule has 1 aromatic carbocycles. The minimum atomic E-state index is -0.262. The Kier molecular flexibility index (Phi) is 4.80. The van der Waals surface area contributed by atoms with Crippen LogP contribution in [0, 0.1) is 12.7 Å². The third kappa shape index (κ3) is 3.93. The van der Waals surface area contributed by atoms with Crippen molar-refractivity contribution in [3.8, 4) is 0 Å². The summed E-state index contributed by atoms with van der Waals surface area (Å²) < 4.78 is 19.5. The Hall–Kier alpha value is -2.81. The maximum atomic E-state index is 12.9. The van der Waals surface area contributed by atoms with Gasteiger partial charge in [-0.2, -0.15) is 5.10 Å². The van der Waals surface area contributed by atoms with Crippen molar-refractivity contribution in [3.63, 3.8) is 0 Å². The van der Waals surface area contributed by atoms with Gasteiger partial charge in [-0.05, 0) is 36.8 Å². The van der Waals surface area contributed by atoms with Gasteiger partial charge in [0.15, 0.2) is 0 Å². The number of anilines is 1. The summed E-state index contributed by atoms with van der Waals surface area (Å²) in [5.41, 5.74) is 3.67. The predicted molar refractivity (Wildman–Crippen MR) is 90.8 cm³/mol. The summed E-state index contributed by atoms with van der Waals surface area (Å²) in [7, 11) is 0. The Labute approximate surface area is 141 Å². The van der Waals surface area contributed by atoms with Crippen LogP contribution in [0.1, 0.15) is 17.1 Å². The van der Waals surface area contributed by atoms with E-state index in [4.69, 9.17) is 10.3 Å². The van der Waals surface area contributed by atoms with Crippen LogP contribution in [0.2, 0.25) is 0 Å². The Morgan fingerprint density at radius 2 is 2.08 bits per heavy atom. The number of nitrogens with zero attached hydrogens (tertiary/aromatic N) is 4. The van der Waals surface area contributed by atoms with Gasteiger partial charge >= 0.3 is 0 Å². The molecule has 124 valence electrons. The molecule has 3 aromatic rings. The number of nitrogen functional groups attached to an aromatic ring is 1. The van der Waals surface area contributed by atoms with Crippen molar-refractivity contribution in [2.75, 3.05) is 11.3 Å². The van der Waals surface area contributed by atoms with Crippen molar-refractivity contribution in [1.82, 2.24) is 14.9 Å². The van der Waals surface area contributed by atoms with Gasteiger partial charge in [-0.15, -0.1) is 10.2 Å². The number of halogens is 1. The first kappa shape index (κ1) is 16.1. The highest BCUT2D eigenvalue weighted by Crippen LogP contribution is 2.21. The van der Waals surface area contributed by atoms with Gasteiger partial charge in [0.05, 0.1) is 6.21 Å². The lowest BCUT2D eigenvalue weighted by Gasteiger charge is -2.03. The molecule has 0 bridgehead atoms. The monoisotopic (exact) mass is 346 g/mol. The van der Waals surface area contributed by atoms with Crippen LogP contribution < -0.4 is 11.3 Å². The van der Waals surface area contributed by atoms with Crippen LogP contribution in [0.3, 0.4) is 0 Å². The van der Waals surface area contributed by atoms with Crippen LogP contribution in [0.4, 0.5) is 10.3 Å². The van der Waals surface area contributed by atoms with E-state index < -0.39 is 0 Å². The van der Waals surface area contributed by atoms with Gasteiger partial charge in [0, 0.05) is 5.75 Å². The summed E-state index contributed by atoms with van der Waals surface area (Å²) in [6.45, 7) is 1.85. The summed E-state index contributed by atoms with van der Waals surface area (Å²) in [6.07, 6.45) is 1.52. The Morgan fingerprint density at radius 1 is 1.29 bits per heavy atom. The Balaban J connectivity index is 1.59. The van der Waals surface area contributed by atoms with Gasteiger partial charge in [-0.1, -0.05) is 23.9 Å². The van der Waals surface area contributed by atoms with Crippen LogP contribution in [-0.4, -0.2) is 21.1 Å². The van der Waals surface area contributed by atoms with Gasteiger partial charge in [0.1, 0.15) is 17.3 Å². The summed E-state index contributed by atoms with van der Waals surface area (Å²) in [5, 5.41) is 12.4. The fourth-order valence-corrected chi connectivity index (χ4v) is 2.67. The number of thioether (sulfide) groups is 1. The number of aryl methyl sites for hydroxylation is 1. The zero-order valence-corrected chi connectivity index (χ0v) is 13.6. The number of benzene rings is 1. The second kappa shape index (κ2) is 7.18. The standard InChI is InChI=1S/C15H15FN6OS/c1-10-2-7-13(23-10)8-18-19-14-20-21-15(22(14)17)24-9-11-3-5-12(16)6-4-11/h2-8H,9,17H2,1H3,(H,19,20)/b18-8+. The average Bonchev–Trinajstić information content (AvgIpc) is 3.14. The molecule has 2 aromatic heterocycles. The van der Waals surface area contributed by atoms with E-state index in [0.717, 1.165) is 11.3 Å². The molecule has 3 N–H and O–H groups in total. The molecule has 0 aliphatic rings. The molecule has 0 saturated carbocycles. The zero-order chi connectivity index (χ0) is 16.9. The molecule has 0 amide bonds. The summed E-state index contributed by atoms with van der Waals surface area (Å²) >= 11 is 1.39. The molecule has 0 aliphatic carbocycles. The zero-order valence-electron chi connectivity index (χ0n) is 12.8. The lowest BCUT2D eigenvalue weighted by molar-refractivity contribution is 0.528.